The topological polar surface area (TPSA) is 69.6 Å². The molecule has 0 aliphatic heterocycles. The van der Waals surface area contributed by atoms with Crippen molar-refractivity contribution in [1.82, 2.24) is 5.32 Å². The number of hydrogen-bond acceptors (Lipinski definition) is 3. The van der Waals surface area contributed by atoms with Crippen LogP contribution >= 0.6 is 0 Å². The summed E-state index contributed by atoms with van der Waals surface area (Å²) >= 11 is 0. The third-order valence-electron chi connectivity index (χ3n) is 9.20. The largest absolute Gasteiger partial charge is 0.394 e. The molecule has 0 spiro atoms. The molecule has 0 aliphatic carbocycles. The summed E-state index contributed by atoms with van der Waals surface area (Å²) in [6.45, 7) is 6.65. The van der Waals surface area contributed by atoms with Crippen molar-refractivity contribution in [3.05, 3.63) is 12.2 Å². The van der Waals surface area contributed by atoms with Crippen molar-refractivity contribution in [2.75, 3.05) is 6.61 Å². The summed E-state index contributed by atoms with van der Waals surface area (Å²) in [5.74, 6) is 0.770. The number of unbranched alkanes of at least 4 members (excludes halogenated alkanes) is 26. The average Bonchev–Trinajstić information content (AvgIpc) is 3.01. The molecule has 4 nitrogen and oxygen atoms in total. The van der Waals surface area contributed by atoms with Crippen LogP contribution in [-0.2, 0) is 4.79 Å². The first-order chi connectivity index (χ1) is 21.5. The van der Waals surface area contributed by atoms with E-state index in [1.54, 1.807) is 6.08 Å². The van der Waals surface area contributed by atoms with Gasteiger partial charge in [-0.05, 0) is 25.2 Å². The molecule has 0 bridgehead atoms. The van der Waals surface area contributed by atoms with Gasteiger partial charge in [0.15, 0.2) is 0 Å². The molecule has 1 amide bonds. The molecule has 4 heteroatoms. The average molecular weight is 622 g/mol. The van der Waals surface area contributed by atoms with E-state index in [9.17, 15) is 15.0 Å². The second kappa shape index (κ2) is 35.0. The van der Waals surface area contributed by atoms with Crippen LogP contribution in [0.1, 0.15) is 213 Å². The summed E-state index contributed by atoms with van der Waals surface area (Å²) in [6, 6.07) is -0.616. The third kappa shape index (κ3) is 32.5. The number of nitrogens with one attached hydrogen (secondary N) is 1. The molecule has 0 aromatic rings. The van der Waals surface area contributed by atoms with Crippen molar-refractivity contribution >= 4 is 5.91 Å². The van der Waals surface area contributed by atoms with E-state index in [0.29, 0.717) is 6.42 Å². The van der Waals surface area contributed by atoms with E-state index < -0.39 is 12.1 Å². The molecule has 0 aromatic heterocycles. The summed E-state index contributed by atoms with van der Waals surface area (Å²) in [5.41, 5.74) is 0. The molecule has 3 N–H and O–H groups in total. The highest BCUT2D eigenvalue weighted by Gasteiger charge is 2.17. The molecule has 0 heterocycles. The number of aliphatic hydroxyl groups is 2. The molecule has 0 aliphatic rings. The monoisotopic (exact) mass is 622 g/mol. The molecule has 0 radical (unpaired) electrons. The van der Waals surface area contributed by atoms with Gasteiger partial charge in [-0.1, -0.05) is 200 Å². The summed E-state index contributed by atoms with van der Waals surface area (Å²) in [6.07, 6.45) is 41.6. The molecule has 0 aromatic carbocycles. The number of hydrogen-bond donors (Lipinski definition) is 3. The first kappa shape index (κ1) is 43.1. The number of amides is 1. The Hall–Kier alpha value is -0.870. The lowest BCUT2D eigenvalue weighted by atomic mass is 10.0. The first-order valence-electron chi connectivity index (χ1n) is 19.8. The van der Waals surface area contributed by atoms with Crippen molar-refractivity contribution < 1.29 is 15.0 Å². The van der Waals surface area contributed by atoms with Gasteiger partial charge in [-0.2, -0.15) is 0 Å². The molecule has 0 rings (SSSR count). The number of carbonyl (C=O) groups excluding carboxylic acids is 1. The minimum absolute atomic E-state index is 0.0623. The van der Waals surface area contributed by atoms with Crippen LogP contribution in [0.25, 0.3) is 0 Å². The van der Waals surface area contributed by atoms with E-state index in [4.69, 9.17) is 0 Å². The van der Waals surface area contributed by atoms with Crippen LogP contribution in [0.3, 0.4) is 0 Å². The predicted octanol–water partition coefficient (Wildman–Crippen LogP) is 11.8. The van der Waals surface area contributed by atoms with Crippen LogP contribution in [0.2, 0.25) is 0 Å². The minimum atomic E-state index is -0.833. The quantitative estimate of drug-likeness (QED) is 0.0487. The predicted molar refractivity (Wildman–Crippen MR) is 193 cm³/mol. The number of carbonyl (C=O) groups is 1. The summed E-state index contributed by atoms with van der Waals surface area (Å²) in [5, 5.41) is 22.9. The summed E-state index contributed by atoms with van der Waals surface area (Å²) < 4.78 is 0. The van der Waals surface area contributed by atoms with Gasteiger partial charge < -0.3 is 15.5 Å². The van der Waals surface area contributed by atoms with E-state index in [0.717, 1.165) is 31.6 Å². The molecule has 2 atom stereocenters. The lowest BCUT2D eigenvalue weighted by Gasteiger charge is -2.20. The highest BCUT2D eigenvalue weighted by atomic mass is 16.3. The van der Waals surface area contributed by atoms with Gasteiger partial charge in [-0.25, -0.2) is 0 Å². The van der Waals surface area contributed by atoms with E-state index in [2.05, 4.69) is 26.1 Å². The molecule has 0 saturated carbocycles. The van der Waals surface area contributed by atoms with Crippen molar-refractivity contribution in [3.8, 4) is 0 Å². The van der Waals surface area contributed by atoms with Gasteiger partial charge in [0.1, 0.15) is 0 Å². The summed E-state index contributed by atoms with van der Waals surface area (Å²) in [4.78, 5) is 12.3. The zero-order valence-corrected chi connectivity index (χ0v) is 30.1. The lowest BCUT2D eigenvalue weighted by Crippen LogP contribution is -2.45. The van der Waals surface area contributed by atoms with Gasteiger partial charge >= 0.3 is 0 Å². The Balaban J connectivity index is 3.55. The van der Waals surface area contributed by atoms with Gasteiger partial charge in [-0.15, -0.1) is 0 Å². The minimum Gasteiger partial charge on any atom is -0.394 e. The van der Waals surface area contributed by atoms with Crippen molar-refractivity contribution in [2.45, 2.75) is 226 Å². The van der Waals surface area contributed by atoms with E-state index >= 15 is 0 Å². The normalized spacial score (nSPS) is 13.2. The van der Waals surface area contributed by atoms with Crippen LogP contribution < -0.4 is 5.32 Å². The van der Waals surface area contributed by atoms with Gasteiger partial charge in [0.25, 0.3) is 0 Å². The zero-order valence-electron chi connectivity index (χ0n) is 30.1. The Morgan fingerprint density at radius 2 is 0.977 bits per heavy atom. The van der Waals surface area contributed by atoms with Gasteiger partial charge in [0, 0.05) is 6.42 Å². The molecule has 262 valence electrons. The number of aliphatic hydroxyl groups excluding tert-OH is 2. The molecule has 0 saturated heterocycles. The first-order valence-corrected chi connectivity index (χ1v) is 19.8. The molecular weight excluding hydrogens is 542 g/mol. The molecule has 44 heavy (non-hydrogen) atoms. The van der Waals surface area contributed by atoms with Crippen LogP contribution in [0.4, 0.5) is 0 Å². The van der Waals surface area contributed by atoms with Gasteiger partial charge in [0.05, 0.1) is 18.8 Å². The highest BCUT2D eigenvalue weighted by Crippen LogP contribution is 2.16. The second-order valence-corrected chi connectivity index (χ2v) is 14.2. The smallest absolute Gasteiger partial charge is 0.220 e. The van der Waals surface area contributed by atoms with Crippen LogP contribution in [0.15, 0.2) is 12.2 Å². The third-order valence-corrected chi connectivity index (χ3v) is 9.20. The van der Waals surface area contributed by atoms with Crippen LogP contribution in [0.5, 0.6) is 0 Å². The fourth-order valence-corrected chi connectivity index (χ4v) is 6.13. The fraction of sp³-hybridized carbons (Fsp3) is 0.925. The maximum absolute atomic E-state index is 12.3. The Labute approximate surface area is 276 Å². The van der Waals surface area contributed by atoms with Crippen molar-refractivity contribution in [2.24, 2.45) is 5.92 Å². The molecule has 2 unspecified atom stereocenters. The number of allylic oxidation sites excluding steroid dienone is 1. The Morgan fingerprint density at radius 3 is 1.39 bits per heavy atom. The fourth-order valence-electron chi connectivity index (χ4n) is 6.13. The van der Waals surface area contributed by atoms with Crippen molar-refractivity contribution in [3.63, 3.8) is 0 Å². The second-order valence-electron chi connectivity index (χ2n) is 14.2. The SMILES string of the molecule is CCCCCCCCCCCCCCCCCCCCCC(=O)NC(CO)C(O)C=CCCCCCCCCCCC(C)C. The van der Waals surface area contributed by atoms with Gasteiger partial charge in [-0.3, -0.25) is 4.79 Å². The summed E-state index contributed by atoms with van der Waals surface area (Å²) in [7, 11) is 0. The molecular formula is C40H79NO3. The van der Waals surface area contributed by atoms with E-state index in [1.807, 2.05) is 6.08 Å². The van der Waals surface area contributed by atoms with Gasteiger partial charge in [0.2, 0.25) is 5.91 Å². The Morgan fingerprint density at radius 1 is 0.591 bits per heavy atom. The molecule has 0 fully saturated rings. The standard InChI is InChI=1S/C40H79NO3/c1-4-5-6-7-8-9-10-11-12-13-14-15-16-17-18-23-26-29-32-35-40(44)41-38(36-42)39(43)34-31-28-25-22-20-19-21-24-27-30-33-37(2)3/h31,34,37-39,42-43H,4-30,32-33,35-36H2,1-3H3,(H,41,44). The van der Waals surface area contributed by atoms with E-state index in [1.165, 1.54) is 161 Å². The van der Waals surface area contributed by atoms with Crippen LogP contribution in [-0.4, -0.2) is 34.9 Å². The zero-order chi connectivity index (χ0) is 32.4. The maximum Gasteiger partial charge on any atom is 0.220 e. The van der Waals surface area contributed by atoms with Crippen LogP contribution in [0, 0.1) is 5.92 Å². The van der Waals surface area contributed by atoms with Crippen molar-refractivity contribution in [1.29, 1.82) is 0 Å². The number of rotatable bonds is 35. The lowest BCUT2D eigenvalue weighted by molar-refractivity contribution is -0.123. The maximum atomic E-state index is 12.3. The van der Waals surface area contributed by atoms with E-state index in [-0.39, 0.29) is 12.5 Å². The highest BCUT2D eigenvalue weighted by molar-refractivity contribution is 5.76. The Kier molecular flexibility index (Phi) is 34.3. The Bertz CT molecular complexity index is 605.